The lowest BCUT2D eigenvalue weighted by atomic mass is 10.0. The number of nitrogens with zero attached hydrogens (tertiary/aromatic N) is 4. The molecule has 0 radical (unpaired) electrons. The Morgan fingerprint density at radius 3 is 2.51 bits per heavy atom. The Labute approximate surface area is 250 Å². The summed E-state index contributed by atoms with van der Waals surface area (Å²) in [7, 11) is -2.35. The molecule has 4 aromatic rings. The monoisotopic (exact) mass is 605 g/mol. The molecule has 226 valence electrons. The van der Waals surface area contributed by atoms with Gasteiger partial charge in [0.05, 0.1) is 29.4 Å². The van der Waals surface area contributed by atoms with Crippen LogP contribution < -0.4 is 15.0 Å². The third kappa shape index (κ3) is 5.98. The zero-order valence-corrected chi connectivity index (χ0v) is 25.5. The summed E-state index contributed by atoms with van der Waals surface area (Å²) in [5.74, 6) is 1.08. The summed E-state index contributed by atoms with van der Waals surface area (Å²) in [6, 6.07) is 11.8. The van der Waals surface area contributed by atoms with Crippen LogP contribution in [-0.2, 0) is 28.3 Å². The number of piperidine rings is 1. The van der Waals surface area contributed by atoms with Crippen LogP contribution >= 0.6 is 0 Å². The van der Waals surface area contributed by atoms with Crippen LogP contribution in [0, 0.1) is 0 Å². The quantitative estimate of drug-likeness (QED) is 0.267. The van der Waals surface area contributed by atoms with E-state index in [0.717, 1.165) is 6.42 Å². The van der Waals surface area contributed by atoms with E-state index in [1.54, 1.807) is 19.2 Å². The standard InChI is InChI=1S/C31H35N5O6S/c1-5-10-24-28-29(35(4)34-24)31(38)33-30(32-28)23-18-22(13-14-27(23)42-7-3)43(39,40)36-16-15-25(37)21(19-36)17-20-11-8-9-12-26(20)41-6-2/h8-9,11-14,17-18H,5-7,10,15-16,19H2,1-4H3,(H,32,33,38)/b21-17+. The van der Waals surface area contributed by atoms with E-state index >= 15 is 0 Å². The molecule has 11 nitrogen and oxygen atoms in total. The summed E-state index contributed by atoms with van der Waals surface area (Å²) >= 11 is 0. The highest BCUT2D eigenvalue weighted by atomic mass is 32.2. The maximum absolute atomic E-state index is 14.0. The summed E-state index contributed by atoms with van der Waals surface area (Å²) in [5, 5.41) is 4.47. The lowest BCUT2D eigenvalue weighted by molar-refractivity contribution is -0.116. The van der Waals surface area contributed by atoms with Gasteiger partial charge in [-0.25, -0.2) is 13.4 Å². The number of aromatic nitrogens is 4. The van der Waals surface area contributed by atoms with Gasteiger partial charge in [0.15, 0.2) is 11.3 Å². The zero-order chi connectivity index (χ0) is 30.7. The van der Waals surface area contributed by atoms with Crippen LogP contribution in [0.3, 0.4) is 0 Å². The van der Waals surface area contributed by atoms with E-state index in [1.165, 1.54) is 21.1 Å². The van der Waals surface area contributed by atoms with E-state index in [4.69, 9.17) is 14.5 Å². The lowest BCUT2D eigenvalue weighted by Crippen LogP contribution is -2.40. The van der Waals surface area contributed by atoms with E-state index in [9.17, 15) is 18.0 Å². The number of para-hydroxylation sites is 1. The second-order valence-electron chi connectivity index (χ2n) is 10.2. The molecule has 3 heterocycles. The molecule has 0 amide bonds. The second-order valence-corrected chi connectivity index (χ2v) is 12.1. The van der Waals surface area contributed by atoms with Crippen LogP contribution in [0.4, 0.5) is 0 Å². The van der Waals surface area contributed by atoms with Gasteiger partial charge in [0.25, 0.3) is 5.56 Å². The molecule has 0 saturated carbocycles. The Balaban J connectivity index is 1.55. The van der Waals surface area contributed by atoms with Gasteiger partial charge in [-0.3, -0.25) is 14.3 Å². The lowest BCUT2D eigenvalue weighted by Gasteiger charge is -2.27. The van der Waals surface area contributed by atoms with Crippen LogP contribution in [0.5, 0.6) is 11.5 Å². The van der Waals surface area contributed by atoms with Crippen LogP contribution in [0.1, 0.15) is 44.9 Å². The topological polar surface area (TPSA) is 136 Å². The first-order chi connectivity index (χ1) is 20.7. The average molecular weight is 606 g/mol. The van der Waals surface area contributed by atoms with Crippen LogP contribution in [0.15, 0.2) is 57.7 Å². The van der Waals surface area contributed by atoms with Gasteiger partial charge in [-0.2, -0.15) is 9.40 Å². The number of sulfonamides is 1. The highest BCUT2D eigenvalue weighted by Gasteiger charge is 2.32. The molecule has 2 aromatic heterocycles. The molecule has 1 aliphatic rings. The first-order valence-electron chi connectivity index (χ1n) is 14.4. The van der Waals surface area contributed by atoms with Gasteiger partial charge in [0.2, 0.25) is 10.0 Å². The molecular weight excluding hydrogens is 570 g/mol. The molecular formula is C31H35N5O6S. The molecule has 0 unspecified atom stereocenters. The number of carbonyl (C=O) groups is 1. The molecule has 0 aliphatic carbocycles. The van der Waals surface area contributed by atoms with Gasteiger partial charge >= 0.3 is 0 Å². The molecule has 43 heavy (non-hydrogen) atoms. The van der Waals surface area contributed by atoms with Crippen molar-refractivity contribution in [3.05, 3.63) is 69.6 Å². The smallest absolute Gasteiger partial charge is 0.277 e. The summed E-state index contributed by atoms with van der Waals surface area (Å²) in [6.07, 6.45) is 3.21. The fourth-order valence-electron chi connectivity index (χ4n) is 5.21. The number of benzene rings is 2. The predicted molar refractivity (Wildman–Crippen MR) is 164 cm³/mol. The number of ketones is 1. The predicted octanol–water partition coefficient (Wildman–Crippen LogP) is 4.12. The summed E-state index contributed by atoms with van der Waals surface area (Å²) in [4.78, 5) is 33.5. The first-order valence-corrected chi connectivity index (χ1v) is 15.8. The Kier molecular flexibility index (Phi) is 8.79. The van der Waals surface area contributed by atoms with Gasteiger partial charge in [-0.15, -0.1) is 0 Å². The van der Waals surface area contributed by atoms with Crippen molar-refractivity contribution in [1.82, 2.24) is 24.1 Å². The highest BCUT2D eigenvalue weighted by molar-refractivity contribution is 7.89. The maximum atomic E-state index is 14.0. The third-order valence-electron chi connectivity index (χ3n) is 7.23. The van der Waals surface area contributed by atoms with Crippen molar-refractivity contribution in [3.8, 4) is 22.9 Å². The van der Waals surface area contributed by atoms with Gasteiger partial charge in [-0.1, -0.05) is 31.5 Å². The van der Waals surface area contributed by atoms with Gasteiger partial charge in [-0.05, 0) is 50.6 Å². The van der Waals surface area contributed by atoms with Crippen molar-refractivity contribution in [1.29, 1.82) is 0 Å². The average Bonchev–Trinajstić information content (AvgIpc) is 3.30. The molecule has 1 N–H and O–H groups in total. The normalized spacial score (nSPS) is 15.3. The largest absolute Gasteiger partial charge is 0.493 e. The van der Waals surface area contributed by atoms with E-state index in [1.807, 2.05) is 45.0 Å². The Morgan fingerprint density at radius 1 is 1.02 bits per heavy atom. The molecule has 12 heteroatoms. The third-order valence-corrected chi connectivity index (χ3v) is 9.08. The van der Waals surface area contributed by atoms with Crippen LogP contribution in [-0.4, -0.2) is 64.6 Å². The number of nitrogens with one attached hydrogen (secondary N) is 1. The van der Waals surface area contributed by atoms with Crippen molar-refractivity contribution in [2.24, 2.45) is 7.05 Å². The summed E-state index contributed by atoms with van der Waals surface area (Å²) in [5.41, 5.74) is 2.54. The number of aromatic amines is 1. The first kappa shape index (κ1) is 30.2. The van der Waals surface area contributed by atoms with Crippen molar-refractivity contribution in [2.45, 2.75) is 44.9 Å². The van der Waals surface area contributed by atoms with E-state index < -0.39 is 10.0 Å². The van der Waals surface area contributed by atoms with E-state index in [2.05, 4.69) is 10.1 Å². The number of carbonyl (C=O) groups excluding carboxylic acids is 1. The maximum Gasteiger partial charge on any atom is 0.277 e. The number of rotatable bonds is 10. The van der Waals surface area contributed by atoms with E-state index in [-0.39, 0.29) is 41.6 Å². The minimum atomic E-state index is -4.04. The number of ether oxygens (including phenoxy) is 2. The van der Waals surface area contributed by atoms with Crippen molar-refractivity contribution >= 4 is 32.9 Å². The molecule has 1 aliphatic heterocycles. The summed E-state index contributed by atoms with van der Waals surface area (Å²) in [6.45, 7) is 6.46. The highest BCUT2D eigenvalue weighted by Crippen LogP contribution is 2.33. The van der Waals surface area contributed by atoms with Crippen LogP contribution in [0.25, 0.3) is 28.5 Å². The SMILES string of the molecule is CCCc1nn(C)c2c(=O)[nH]c(-c3cc(S(=O)(=O)N4CCC(=O)/C(=C/c5ccccc5OCC)C4)ccc3OCC)nc12. The Bertz CT molecular complexity index is 1880. The molecule has 0 atom stereocenters. The molecule has 0 spiro atoms. The van der Waals surface area contributed by atoms with E-state index in [0.29, 0.717) is 64.6 Å². The van der Waals surface area contributed by atoms with Crippen molar-refractivity contribution in [3.63, 3.8) is 0 Å². The fourth-order valence-corrected chi connectivity index (χ4v) is 6.66. The number of fused-ring (bicyclic) bond motifs is 1. The minimum Gasteiger partial charge on any atom is -0.493 e. The Hall–Kier alpha value is -4.29. The number of aryl methyl sites for hydroxylation is 2. The second kappa shape index (κ2) is 12.5. The van der Waals surface area contributed by atoms with Crippen molar-refractivity contribution < 1.29 is 22.7 Å². The van der Waals surface area contributed by atoms with Crippen molar-refractivity contribution in [2.75, 3.05) is 26.3 Å². The molecule has 0 bridgehead atoms. The number of hydrogen-bond donors (Lipinski definition) is 1. The number of Topliss-reactive ketones (excluding diaryl/α,β-unsaturated/α-hetero) is 1. The zero-order valence-electron chi connectivity index (χ0n) is 24.7. The molecule has 1 fully saturated rings. The molecule has 5 rings (SSSR count). The number of hydrogen-bond acceptors (Lipinski definition) is 8. The Morgan fingerprint density at radius 2 is 1.77 bits per heavy atom. The number of H-pyrrole nitrogens is 1. The van der Waals surface area contributed by atoms with Crippen LogP contribution in [0.2, 0.25) is 0 Å². The minimum absolute atomic E-state index is 0.00270. The molecule has 1 saturated heterocycles. The van der Waals surface area contributed by atoms with Gasteiger partial charge in [0, 0.05) is 37.7 Å². The van der Waals surface area contributed by atoms with Gasteiger partial charge < -0.3 is 14.5 Å². The fraction of sp³-hybridized carbons (Fsp3) is 0.355. The van der Waals surface area contributed by atoms with Gasteiger partial charge in [0.1, 0.15) is 22.8 Å². The summed E-state index contributed by atoms with van der Waals surface area (Å²) < 4.78 is 42.2. The molecule has 2 aromatic carbocycles.